The number of likely N-dealkylation sites (N-methyl/N-ethyl adjacent to an activating group) is 1. The molecule has 4 nitrogen and oxygen atoms in total. The van der Waals surface area contributed by atoms with E-state index < -0.39 is 0 Å². The van der Waals surface area contributed by atoms with Crippen molar-refractivity contribution in [2.75, 3.05) is 26.9 Å². The molecule has 1 heterocycles. The highest BCUT2D eigenvalue weighted by Crippen LogP contribution is 2.15. The Bertz CT molecular complexity index is 394. The number of hydrogen-bond donors (Lipinski definition) is 1. The van der Waals surface area contributed by atoms with Crippen molar-refractivity contribution < 1.29 is 14.3 Å². The number of carbonyl (C=O) groups excluding carboxylic acids is 1. The van der Waals surface area contributed by atoms with Crippen molar-refractivity contribution in [3.63, 3.8) is 0 Å². The molecule has 1 aromatic rings. The van der Waals surface area contributed by atoms with Gasteiger partial charge in [-0.15, -0.1) is 0 Å². The number of esters is 1. The van der Waals surface area contributed by atoms with E-state index in [4.69, 9.17) is 9.47 Å². The molecule has 1 saturated heterocycles. The van der Waals surface area contributed by atoms with Gasteiger partial charge in [0.1, 0.15) is 0 Å². The van der Waals surface area contributed by atoms with Crippen LogP contribution in [0.3, 0.4) is 0 Å². The quantitative estimate of drug-likeness (QED) is 0.622. The van der Waals surface area contributed by atoms with E-state index in [1.165, 1.54) is 5.56 Å². The van der Waals surface area contributed by atoms with Gasteiger partial charge in [0.15, 0.2) is 0 Å². The molecule has 1 aromatic carbocycles. The molecule has 2 atom stereocenters. The summed E-state index contributed by atoms with van der Waals surface area (Å²) in [7, 11) is 1.84. The number of nitrogens with one attached hydrogen (secondary N) is 1. The van der Waals surface area contributed by atoms with Crippen LogP contribution in [0.4, 0.5) is 0 Å². The summed E-state index contributed by atoms with van der Waals surface area (Å²) >= 11 is 0. The lowest BCUT2D eigenvalue weighted by molar-refractivity contribution is -0.149. The Kier molecular flexibility index (Phi) is 5.36. The van der Waals surface area contributed by atoms with Crippen LogP contribution < -0.4 is 5.32 Å². The maximum Gasteiger partial charge on any atom is 0.312 e. The SMILES string of the molecule is CNC1COCC1C(=O)OCCCc1ccccc1. The first-order chi connectivity index (χ1) is 9.31. The summed E-state index contributed by atoms with van der Waals surface area (Å²) in [6, 6.07) is 10.3. The van der Waals surface area contributed by atoms with Crippen LogP contribution in [-0.4, -0.2) is 38.9 Å². The minimum atomic E-state index is -0.165. The minimum absolute atomic E-state index is 0.0848. The maximum absolute atomic E-state index is 11.9. The van der Waals surface area contributed by atoms with Gasteiger partial charge in [-0.1, -0.05) is 30.3 Å². The van der Waals surface area contributed by atoms with Crippen LogP contribution in [0.15, 0.2) is 30.3 Å². The molecule has 2 unspecified atom stereocenters. The Balaban J connectivity index is 1.67. The van der Waals surface area contributed by atoms with Crippen molar-refractivity contribution in [1.82, 2.24) is 5.32 Å². The summed E-state index contributed by atoms with van der Waals surface area (Å²) < 4.78 is 10.6. The standard InChI is InChI=1S/C15H21NO3/c1-16-14-11-18-10-13(14)15(17)19-9-5-8-12-6-3-2-4-7-12/h2-4,6-7,13-14,16H,5,8-11H2,1H3. The maximum atomic E-state index is 11.9. The topological polar surface area (TPSA) is 47.6 Å². The molecule has 1 fully saturated rings. The second-order valence-corrected chi connectivity index (χ2v) is 4.80. The van der Waals surface area contributed by atoms with Gasteiger partial charge in [-0.2, -0.15) is 0 Å². The van der Waals surface area contributed by atoms with Gasteiger partial charge in [0, 0.05) is 6.04 Å². The van der Waals surface area contributed by atoms with Gasteiger partial charge in [-0.3, -0.25) is 4.79 Å². The summed E-state index contributed by atoms with van der Waals surface area (Å²) in [5.74, 6) is -0.313. The van der Waals surface area contributed by atoms with Gasteiger partial charge in [-0.05, 0) is 25.5 Å². The number of carbonyl (C=O) groups is 1. The number of benzene rings is 1. The van der Waals surface area contributed by atoms with Crippen LogP contribution in [0.1, 0.15) is 12.0 Å². The van der Waals surface area contributed by atoms with Crippen molar-refractivity contribution in [2.24, 2.45) is 5.92 Å². The molecular formula is C15H21NO3. The summed E-state index contributed by atoms with van der Waals surface area (Å²) in [6.07, 6.45) is 1.79. The highest BCUT2D eigenvalue weighted by Gasteiger charge is 2.34. The van der Waals surface area contributed by atoms with Crippen LogP contribution in [0, 0.1) is 5.92 Å². The predicted octanol–water partition coefficient (Wildman–Crippen LogP) is 1.40. The zero-order chi connectivity index (χ0) is 13.5. The fourth-order valence-electron chi connectivity index (χ4n) is 2.27. The van der Waals surface area contributed by atoms with Gasteiger partial charge >= 0.3 is 5.97 Å². The molecular weight excluding hydrogens is 242 g/mol. The molecule has 0 aliphatic carbocycles. The highest BCUT2D eigenvalue weighted by molar-refractivity contribution is 5.73. The van der Waals surface area contributed by atoms with Crippen molar-refractivity contribution in [1.29, 1.82) is 0 Å². The third-order valence-electron chi connectivity index (χ3n) is 3.45. The summed E-state index contributed by atoms with van der Waals surface area (Å²) in [5.41, 5.74) is 1.27. The fourth-order valence-corrected chi connectivity index (χ4v) is 2.27. The summed E-state index contributed by atoms with van der Waals surface area (Å²) in [4.78, 5) is 11.9. The lowest BCUT2D eigenvalue weighted by Crippen LogP contribution is -2.37. The van der Waals surface area contributed by atoms with E-state index in [9.17, 15) is 4.79 Å². The largest absolute Gasteiger partial charge is 0.465 e. The van der Waals surface area contributed by atoms with Gasteiger partial charge in [-0.25, -0.2) is 0 Å². The molecule has 0 aromatic heterocycles. The van der Waals surface area contributed by atoms with E-state index in [0.29, 0.717) is 19.8 Å². The molecule has 0 spiro atoms. The summed E-state index contributed by atoms with van der Waals surface area (Å²) in [6.45, 7) is 1.52. The number of ether oxygens (including phenoxy) is 2. The van der Waals surface area contributed by atoms with Crippen LogP contribution >= 0.6 is 0 Å². The molecule has 0 amide bonds. The second-order valence-electron chi connectivity index (χ2n) is 4.80. The van der Waals surface area contributed by atoms with Crippen molar-refractivity contribution >= 4 is 5.97 Å². The average molecular weight is 263 g/mol. The Hall–Kier alpha value is -1.39. The first-order valence-corrected chi connectivity index (χ1v) is 6.77. The first kappa shape index (κ1) is 14.0. The van der Waals surface area contributed by atoms with E-state index in [1.807, 2.05) is 25.2 Å². The van der Waals surface area contributed by atoms with E-state index in [-0.39, 0.29) is 17.9 Å². The normalized spacial score (nSPS) is 22.4. The molecule has 104 valence electrons. The average Bonchev–Trinajstić information content (AvgIpc) is 2.93. The molecule has 0 saturated carbocycles. The van der Waals surface area contributed by atoms with Gasteiger partial charge in [0.25, 0.3) is 0 Å². The van der Waals surface area contributed by atoms with E-state index in [2.05, 4.69) is 17.4 Å². The summed E-state index contributed by atoms with van der Waals surface area (Å²) in [5, 5.41) is 3.09. The van der Waals surface area contributed by atoms with Crippen molar-refractivity contribution in [3.05, 3.63) is 35.9 Å². The predicted molar refractivity (Wildman–Crippen MR) is 72.9 cm³/mol. The molecule has 1 aliphatic heterocycles. The lowest BCUT2D eigenvalue weighted by atomic mass is 10.0. The fraction of sp³-hybridized carbons (Fsp3) is 0.533. The highest BCUT2D eigenvalue weighted by atomic mass is 16.5. The number of hydrogen-bond acceptors (Lipinski definition) is 4. The number of aryl methyl sites for hydroxylation is 1. The van der Waals surface area contributed by atoms with Crippen molar-refractivity contribution in [2.45, 2.75) is 18.9 Å². The smallest absolute Gasteiger partial charge is 0.312 e. The zero-order valence-corrected chi connectivity index (χ0v) is 11.3. The Labute approximate surface area is 114 Å². The van der Waals surface area contributed by atoms with E-state index in [0.717, 1.165) is 12.8 Å². The molecule has 0 bridgehead atoms. The first-order valence-electron chi connectivity index (χ1n) is 6.77. The van der Waals surface area contributed by atoms with E-state index >= 15 is 0 Å². The molecule has 19 heavy (non-hydrogen) atoms. The van der Waals surface area contributed by atoms with Crippen LogP contribution in [-0.2, 0) is 20.7 Å². The molecule has 1 N–H and O–H groups in total. The van der Waals surface area contributed by atoms with E-state index in [1.54, 1.807) is 0 Å². The second kappa shape index (κ2) is 7.26. The molecule has 4 heteroatoms. The Morgan fingerprint density at radius 3 is 2.89 bits per heavy atom. The van der Waals surface area contributed by atoms with Crippen LogP contribution in [0.25, 0.3) is 0 Å². The van der Waals surface area contributed by atoms with Gasteiger partial charge < -0.3 is 14.8 Å². The molecule has 1 aliphatic rings. The molecule has 0 radical (unpaired) electrons. The van der Waals surface area contributed by atoms with Crippen molar-refractivity contribution in [3.8, 4) is 0 Å². The monoisotopic (exact) mass is 263 g/mol. The number of rotatable bonds is 6. The zero-order valence-electron chi connectivity index (χ0n) is 11.3. The Morgan fingerprint density at radius 2 is 2.16 bits per heavy atom. The van der Waals surface area contributed by atoms with Gasteiger partial charge in [0.2, 0.25) is 0 Å². The third-order valence-corrected chi connectivity index (χ3v) is 3.45. The third kappa shape index (κ3) is 4.04. The minimum Gasteiger partial charge on any atom is -0.465 e. The Morgan fingerprint density at radius 1 is 1.37 bits per heavy atom. The van der Waals surface area contributed by atoms with Crippen LogP contribution in [0.5, 0.6) is 0 Å². The molecule has 2 rings (SSSR count). The van der Waals surface area contributed by atoms with Gasteiger partial charge in [0.05, 0.1) is 25.7 Å². The lowest BCUT2D eigenvalue weighted by Gasteiger charge is -2.15. The van der Waals surface area contributed by atoms with Crippen LogP contribution in [0.2, 0.25) is 0 Å².